The second-order valence-electron chi connectivity index (χ2n) is 6.91. The summed E-state index contributed by atoms with van der Waals surface area (Å²) in [7, 11) is 4.65. The van der Waals surface area contributed by atoms with Crippen LogP contribution in [0, 0.1) is 17.3 Å². The van der Waals surface area contributed by atoms with Crippen molar-refractivity contribution in [3.63, 3.8) is 0 Å². The maximum atomic E-state index is 13.0. The van der Waals surface area contributed by atoms with Gasteiger partial charge in [0.2, 0.25) is 5.75 Å². The Labute approximate surface area is 173 Å². The molecule has 0 fully saturated rings. The minimum Gasteiger partial charge on any atom is -0.618 e. The third-order valence-electron chi connectivity index (χ3n) is 5.29. The Morgan fingerprint density at radius 3 is 2.13 bits per heavy atom. The quantitative estimate of drug-likeness (QED) is 0.509. The number of fused-ring (bicyclic) bond motifs is 1. The van der Waals surface area contributed by atoms with Crippen LogP contribution in [0.5, 0.6) is 17.2 Å². The number of hydrogen-bond acceptors (Lipinski definition) is 7. The zero-order valence-electron chi connectivity index (χ0n) is 17.1. The summed E-state index contributed by atoms with van der Waals surface area (Å²) in [6, 6.07) is 10.2. The average molecular weight is 410 g/mol. The van der Waals surface area contributed by atoms with Gasteiger partial charge in [0.05, 0.1) is 27.4 Å². The van der Waals surface area contributed by atoms with Crippen molar-refractivity contribution in [2.24, 2.45) is 5.10 Å². The largest absolute Gasteiger partial charge is 0.618 e. The van der Waals surface area contributed by atoms with Crippen LogP contribution < -0.4 is 29.1 Å². The van der Waals surface area contributed by atoms with Crippen LogP contribution >= 0.6 is 0 Å². The number of rotatable bonds is 5. The van der Waals surface area contributed by atoms with E-state index in [1.807, 2.05) is 12.1 Å². The fraction of sp³-hybridized carbons (Fsp3) is 0.286. The van der Waals surface area contributed by atoms with Crippen molar-refractivity contribution in [2.75, 3.05) is 21.3 Å². The van der Waals surface area contributed by atoms with Crippen molar-refractivity contribution in [3.8, 4) is 17.2 Å². The van der Waals surface area contributed by atoms with Gasteiger partial charge in [0.15, 0.2) is 11.5 Å². The van der Waals surface area contributed by atoms with Crippen molar-refractivity contribution in [2.45, 2.75) is 19.4 Å². The number of ether oxygens (including phenoxy) is 3. The number of aromatic nitrogens is 2. The molecule has 0 saturated heterocycles. The SMILES string of the molecule is COc1cc(C2CC(c3c(C)[n+]([O-])c4ccccc4[n+]3[O-])=NN2)cc(OC)c1OC. The van der Waals surface area contributed by atoms with E-state index in [0.717, 1.165) is 15.0 Å². The van der Waals surface area contributed by atoms with Crippen LogP contribution in [-0.4, -0.2) is 27.0 Å². The first kappa shape index (κ1) is 19.6. The summed E-state index contributed by atoms with van der Waals surface area (Å²) in [5.41, 5.74) is 5.60. The van der Waals surface area contributed by atoms with Gasteiger partial charge in [0.1, 0.15) is 5.71 Å². The number of nitrogens with zero attached hydrogens (tertiary/aromatic N) is 3. The molecule has 4 rings (SSSR count). The van der Waals surface area contributed by atoms with Crippen molar-refractivity contribution < 1.29 is 23.7 Å². The molecule has 0 spiro atoms. The number of benzene rings is 2. The van der Waals surface area contributed by atoms with Crippen LogP contribution in [0.15, 0.2) is 41.5 Å². The lowest BCUT2D eigenvalue weighted by molar-refractivity contribution is -0.634. The van der Waals surface area contributed by atoms with Gasteiger partial charge in [-0.05, 0) is 17.7 Å². The van der Waals surface area contributed by atoms with E-state index in [1.165, 1.54) is 0 Å². The monoisotopic (exact) mass is 410 g/mol. The summed E-state index contributed by atoms with van der Waals surface area (Å²) in [6.07, 6.45) is 0.417. The van der Waals surface area contributed by atoms with Crippen LogP contribution in [0.4, 0.5) is 0 Å². The van der Waals surface area contributed by atoms with E-state index < -0.39 is 0 Å². The van der Waals surface area contributed by atoms with Gasteiger partial charge in [0, 0.05) is 25.5 Å². The van der Waals surface area contributed by atoms with E-state index in [4.69, 9.17) is 14.2 Å². The Hall–Kier alpha value is -3.75. The molecular weight excluding hydrogens is 388 g/mol. The predicted molar refractivity (Wildman–Crippen MR) is 110 cm³/mol. The van der Waals surface area contributed by atoms with Gasteiger partial charge in [-0.25, -0.2) is 0 Å². The van der Waals surface area contributed by atoms with Gasteiger partial charge in [0.25, 0.3) is 16.7 Å². The molecule has 0 bridgehead atoms. The lowest BCUT2D eigenvalue weighted by atomic mass is 9.99. The minimum atomic E-state index is -0.223. The maximum absolute atomic E-state index is 13.0. The van der Waals surface area contributed by atoms with Crippen LogP contribution in [-0.2, 0) is 0 Å². The van der Waals surface area contributed by atoms with Gasteiger partial charge < -0.3 is 30.1 Å². The number of methoxy groups -OCH3 is 3. The Kier molecular flexibility index (Phi) is 4.94. The third-order valence-corrected chi connectivity index (χ3v) is 5.29. The molecule has 2 heterocycles. The van der Waals surface area contributed by atoms with Crippen LogP contribution in [0.3, 0.4) is 0 Å². The lowest BCUT2D eigenvalue weighted by Gasteiger charge is -2.17. The van der Waals surface area contributed by atoms with Crippen LogP contribution in [0.25, 0.3) is 11.0 Å². The molecule has 30 heavy (non-hydrogen) atoms. The van der Waals surface area contributed by atoms with E-state index in [-0.39, 0.29) is 11.7 Å². The molecular formula is C21H22N4O5. The summed E-state index contributed by atoms with van der Waals surface area (Å²) < 4.78 is 17.8. The standard InChI is InChI=1S/C21H22N4O5/c1-12-20(25(27)17-8-6-5-7-16(17)24(12)26)15-11-14(22-23-15)13-9-18(28-2)21(30-4)19(10-13)29-3/h5-10,14,22H,11H2,1-4H3. The smallest absolute Gasteiger partial charge is 0.309 e. The zero-order valence-corrected chi connectivity index (χ0v) is 17.1. The molecule has 9 heteroatoms. The van der Waals surface area contributed by atoms with Gasteiger partial charge in [-0.15, -0.1) is 0 Å². The van der Waals surface area contributed by atoms with E-state index in [0.29, 0.717) is 46.1 Å². The molecule has 1 N–H and O–H groups in total. The summed E-state index contributed by atoms with van der Waals surface area (Å²) >= 11 is 0. The zero-order chi connectivity index (χ0) is 21.4. The normalized spacial score (nSPS) is 15.6. The molecule has 0 amide bonds. The number of hydrazone groups is 1. The highest BCUT2D eigenvalue weighted by Gasteiger charge is 2.34. The van der Waals surface area contributed by atoms with Gasteiger partial charge in [-0.3, -0.25) is 0 Å². The second kappa shape index (κ2) is 7.58. The highest BCUT2D eigenvalue weighted by atomic mass is 16.5. The van der Waals surface area contributed by atoms with Crippen LogP contribution in [0.1, 0.15) is 29.4 Å². The topological polar surface area (TPSA) is 106 Å². The first-order chi connectivity index (χ1) is 14.5. The Morgan fingerprint density at radius 1 is 0.967 bits per heavy atom. The first-order valence-electron chi connectivity index (χ1n) is 9.37. The third kappa shape index (κ3) is 2.99. The number of nitrogens with one attached hydrogen (secondary N) is 1. The van der Waals surface area contributed by atoms with Gasteiger partial charge >= 0.3 is 5.69 Å². The summed E-state index contributed by atoms with van der Waals surface area (Å²) in [6.45, 7) is 1.62. The van der Waals surface area contributed by atoms with Crippen molar-refractivity contribution >= 4 is 16.7 Å². The molecule has 1 unspecified atom stereocenters. The molecule has 0 saturated carbocycles. The predicted octanol–water partition coefficient (Wildman–Crippen LogP) is 1.88. The van der Waals surface area contributed by atoms with Crippen molar-refractivity contribution in [1.29, 1.82) is 0 Å². The highest BCUT2D eigenvalue weighted by Crippen LogP contribution is 2.40. The van der Waals surface area contributed by atoms with Crippen molar-refractivity contribution in [3.05, 3.63) is 63.8 Å². The minimum absolute atomic E-state index is 0.223. The van der Waals surface area contributed by atoms with E-state index in [9.17, 15) is 10.4 Å². The van der Waals surface area contributed by atoms with E-state index in [2.05, 4.69) is 10.5 Å². The summed E-state index contributed by atoms with van der Waals surface area (Å²) in [4.78, 5) is 0. The summed E-state index contributed by atoms with van der Waals surface area (Å²) in [5.74, 6) is 1.55. The molecule has 0 aliphatic carbocycles. The second-order valence-corrected chi connectivity index (χ2v) is 6.91. The Morgan fingerprint density at radius 2 is 1.57 bits per heavy atom. The van der Waals surface area contributed by atoms with Crippen molar-refractivity contribution in [1.82, 2.24) is 5.43 Å². The summed E-state index contributed by atoms with van der Waals surface area (Å²) in [5, 5.41) is 30.1. The lowest BCUT2D eigenvalue weighted by Crippen LogP contribution is -2.46. The number of hydrogen-bond donors (Lipinski definition) is 1. The fourth-order valence-electron chi connectivity index (χ4n) is 3.76. The molecule has 1 atom stereocenters. The fourth-order valence-corrected chi connectivity index (χ4v) is 3.76. The van der Waals surface area contributed by atoms with E-state index >= 15 is 0 Å². The highest BCUT2D eigenvalue weighted by molar-refractivity contribution is 6.00. The molecule has 3 aromatic rings. The molecule has 2 aromatic carbocycles. The first-order valence-corrected chi connectivity index (χ1v) is 9.37. The molecule has 1 aromatic heterocycles. The van der Waals surface area contributed by atoms with Gasteiger partial charge in [-0.2, -0.15) is 14.6 Å². The molecule has 156 valence electrons. The molecule has 9 nitrogen and oxygen atoms in total. The Balaban J connectivity index is 1.72. The van der Waals surface area contributed by atoms with Gasteiger partial charge in [-0.1, -0.05) is 12.1 Å². The molecule has 1 aliphatic rings. The maximum Gasteiger partial charge on any atom is 0.309 e. The Bertz CT molecular complexity index is 1140. The molecule has 0 radical (unpaired) electrons. The number of para-hydroxylation sites is 2. The average Bonchev–Trinajstić information content (AvgIpc) is 3.26. The van der Waals surface area contributed by atoms with Crippen LogP contribution in [0.2, 0.25) is 0 Å². The van der Waals surface area contributed by atoms with E-state index in [1.54, 1.807) is 52.5 Å². The molecule has 1 aliphatic heterocycles.